The third-order valence-electron chi connectivity index (χ3n) is 5.82. The van der Waals surface area contributed by atoms with Crippen LogP contribution in [0.5, 0.6) is 0 Å². The molecule has 0 bridgehead atoms. The average Bonchev–Trinajstić information content (AvgIpc) is 2.36. The number of carbonyl (C=O) groups excluding carboxylic acids is 1. The molecular formula is C15H27N3O2. The van der Waals surface area contributed by atoms with Gasteiger partial charge in [0, 0.05) is 37.7 Å². The molecular weight excluding hydrogens is 254 g/mol. The van der Waals surface area contributed by atoms with E-state index in [-0.39, 0.29) is 11.4 Å². The summed E-state index contributed by atoms with van der Waals surface area (Å²) in [7, 11) is 0. The third-order valence-corrected chi connectivity index (χ3v) is 5.82. The van der Waals surface area contributed by atoms with Gasteiger partial charge in [0.1, 0.15) is 0 Å². The highest BCUT2D eigenvalue weighted by Crippen LogP contribution is 2.64. The molecule has 3 aliphatic rings. The number of nitrogens with one attached hydrogen (secondary N) is 1. The highest BCUT2D eigenvalue weighted by Gasteiger charge is 2.56. The van der Waals surface area contributed by atoms with Crippen LogP contribution in [0.2, 0.25) is 0 Å². The summed E-state index contributed by atoms with van der Waals surface area (Å²) in [6.07, 6.45) is 8.44. The summed E-state index contributed by atoms with van der Waals surface area (Å²) < 4.78 is 0. The van der Waals surface area contributed by atoms with Gasteiger partial charge in [0.25, 0.3) is 0 Å². The van der Waals surface area contributed by atoms with Crippen LogP contribution in [0, 0.1) is 10.8 Å². The zero-order chi connectivity index (χ0) is 14.2. The van der Waals surface area contributed by atoms with Crippen molar-refractivity contribution in [3.8, 4) is 0 Å². The summed E-state index contributed by atoms with van der Waals surface area (Å²) in [4.78, 5) is 12.8. The minimum absolute atomic E-state index is 0.126. The van der Waals surface area contributed by atoms with Crippen LogP contribution in [0.15, 0.2) is 0 Å². The Morgan fingerprint density at radius 3 is 2.40 bits per heavy atom. The lowest BCUT2D eigenvalue weighted by Gasteiger charge is -2.61. The van der Waals surface area contributed by atoms with Crippen LogP contribution < -0.4 is 11.1 Å². The van der Waals surface area contributed by atoms with Crippen LogP contribution in [0.4, 0.5) is 4.79 Å². The Kier molecular flexibility index (Phi) is 3.67. The van der Waals surface area contributed by atoms with Crippen molar-refractivity contribution >= 4 is 6.03 Å². The summed E-state index contributed by atoms with van der Waals surface area (Å²) in [6, 6.07) is 0.160. The largest absolute Gasteiger partial charge is 0.396 e. The Bertz CT molecular complexity index is 365. The number of nitrogens with two attached hydrogens (primary N) is 1. The average molecular weight is 281 g/mol. The van der Waals surface area contributed by atoms with Crippen LogP contribution in [0.3, 0.4) is 0 Å². The van der Waals surface area contributed by atoms with Crippen molar-refractivity contribution in [1.29, 1.82) is 0 Å². The van der Waals surface area contributed by atoms with E-state index in [1.54, 1.807) is 4.90 Å². The topological polar surface area (TPSA) is 78.6 Å². The SMILES string of the molecule is NC(=O)N1CCC(NCC2(CO)CC3(CCC3)C2)CC1. The van der Waals surface area contributed by atoms with Gasteiger partial charge in [-0.25, -0.2) is 4.79 Å². The molecule has 5 nitrogen and oxygen atoms in total. The highest BCUT2D eigenvalue weighted by atomic mass is 16.3. The lowest BCUT2D eigenvalue weighted by Crippen LogP contribution is -2.58. The molecule has 2 saturated carbocycles. The molecule has 1 saturated heterocycles. The summed E-state index contributed by atoms with van der Waals surface area (Å²) in [6.45, 7) is 2.74. The number of hydrogen-bond donors (Lipinski definition) is 3. The van der Waals surface area contributed by atoms with Gasteiger partial charge in [0.05, 0.1) is 0 Å². The first-order chi connectivity index (χ1) is 9.56. The van der Waals surface area contributed by atoms with E-state index in [0.717, 1.165) is 32.5 Å². The fourth-order valence-corrected chi connectivity index (χ4v) is 4.53. The van der Waals surface area contributed by atoms with E-state index < -0.39 is 0 Å². The normalized spacial score (nSPS) is 27.9. The van der Waals surface area contributed by atoms with E-state index in [2.05, 4.69) is 5.32 Å². The Morgan fingerprint density at radius 1 is 1.30 bits per heavy atom. The minimum Gasteiger partial charge on any atom is -0.396 e. The molecule has 2 amide bonds. The zero-order valence-corrected chi connectivity index (χ0v) is 12.2. The maximum Gasteiger partial charge on any atom is 0.314 e. The number of nitrogens with zero attached hydrogens (tertiary/aromatic N) is 1. The van der Waals surface area contributed by atoms with E-state index >= 15 is 0 Å². The molecule has 3 fully saturated rings. The second-order valence-electron chi connectivity index (χ2n) is 7.35. The molecule has 0 radical (unpaired) electrons. The lowest BCUT2D eigenvalue weighted by atomic mass is 9.45. The van der Waals surface area contributed by atoms with Crippen molar-refractivity contribution in [3.63, 3.8) is 0 Å². The van der Waals surface area contributed by atoms with Crippen molar-refractivity contribution in [1.82, 2.24) is 10.2 Å². The van der Waals surface area contributed by atoms with Gasteiger partial charge in [-0.1, -0.05) is 6.42 Å². The maximum absolute atomic E-state index is 11.1. The van der Waals surface area contributed by atoms with Crippen LogP contribution >= 0.6 is 0 Å². The monoisotopic (exact) mass is 281 g/mol. The van der Waals surface area contributed by atoms with Crippen LogP contribution in [-0.4, -0.2) is 48.3 Å². The number of piperidine rings is 1. The molecule has 0 aromatic carbocycles. The molecule has 5 heteroatoms. The summed E-state index contributed by atoms with van der Waals surface area (Å²) in [5, 5.41) is 13.3. The number of aliphatic hydroxyl groups excluding tert-OH is 1. The number of hydrogen-bond acceptors (Lipinski definition) is 3. The zero-order valence-electron chi connectivity index (χ0n) is 12.2. The predicted molar refractivity (Wildman–Crippen MR) is 77.2 cm³/mol. The Labute approximate surface area is 120 Å². The standard InChI is InChI=1S/C15H27N3O2/c16-13(20)18-6-2-12(3-7-18)17-10-15(11-19)8-14(9-15)4-1-5-14/h12,17,19H,1-11H2,(H2,16,20). The quantitative estimate of drug-likeness (QED) is 0.721. The Hall–Kier alpha value is -0.810. The number of rotatable bonds is 4. The van der Waals surface area contributed by atoms with Crippen LogP contribution in [0.1, 0.15) is 44.9 Å². The van der Waals surface area contributed by atoms with Gasteiger partial charge < -0.3 is 21.1 Å². The number of carbonyl (C=O) groups is 1. The number of urea groups is 1. The van der Waals surface area contributed by atoms with Crippen molar-refractivity contribution < 1.29 is 9.90 Å². The Balaban J connectivity index is 1.42. The minimum atomic E-state index is -0.304. The third kappa shape index (κ3) is 2.53. The van der Waals surface area contributed by atoms with Crippen molar-refractivity contribution in [2.45, 2.75) is 51.0 Å². The van der Waals surface area contributed by atoms with Crippen LogP contribution in [-0.2, 0) is 0 Å². The molecule has 3 rings (SSSR count). The molecule has 1 aliphatic heterocycles. The Morgan fingerprint density at radius 2 is 1.95 bits per heavy atom. The van der Waals surface area contributed by atoms with E-state index in [0.29, 0.717) is 18.1 Å². The van der Waals surface area contributed by atoms with E-state index in [1.807, 2.05) is 0 Å². The second-order valence-corrected chi connectivity index (χ2v) is 7.35. The first-order valence-electron chi connectivity index (χ1n) is 7.95. The maximum atomic E-state index is 11.1. The molecule has 0 atom stereocenters. The number of likely N-dealkylation sites (tertiary alicyclic amines) is 1. The molecule has 0 aromatic heterocycles. The predicted octanol–water partition coefficient (Wildman–Crippen LogP) is 1.06. The summed E-state index contributed by atoms with van der Waals surface area (Å²) in [5.41, 5.74) is 6.02. The molecule has 0 aromatic rings. The molecule has 0 unspecified atom stereocenters. The smallest absolute Gasteiger partial charge is 0.314 e. The summed E-state index contributed by atoms with van der Waals surface area (Å²) in [5.74, 6) is 0. The van der Waals surface area contributed by atoms with Gasteiger partial charge in [-0.3, -0.25) is 0 Å². The van der Waals surface area contributed by atoms with Gasteiger partial charge >= 0.3 is 6.03 Å². The van der Waals surface area contributed by atoms with Gasteiger partial charge in [-0.05, 0) is 43.9 Å². The lowest BCUT2D eigenvalue weighted by molar-refractivity contribution is -0.120. The first kappa shape index (κ1) is 14.1. The van der Waals surface area contributed by atoms with Crippen molar-refractivity contribution in [2.75, 3.05) is 26.2 Å². The van der Waals surface area contributed by atoms with Gasteiger partial charge in [0.15, 0.2) is 0 Å². The number of aliphatic hydroxyl groups is 1. The first-order valence-corrected chi connectivity index (χ1v) is 7.95. The summed E-state index contributed by atoms with van der Waals surface area (Å²) >= 11 is 0. The molecule has 114 valence electrons. The van der Waals surface area contributed by atoms with Crippen molar-refractivity contribution in [2.24, 2.45) is 16.6 Å². The van der Waals surface area contributed by atoms with Gasteiger partial charge in [-0.15, -0.1) is 0 Å². The molecule has 1 spiro atoms. The van der Waals surface area contributed by atoms with E-state index in [9.17, 15) is 9.90 Å². The molecule has 1 heterocycles. The molecule has 20 heavy (non-hydrogen) atoms. The fraction of sp³-hybridized carbons (Fsp3) is 0.933. The number of primary amides is 1. The van der Waals surface area contributed by atoms with Gasteiger partial charge in [-0.2, -0.15) is 0 Å². The molecule has 4 N–H and O–H groups in total. The fourth-order valence-electron chi connectivity index (χ4n) is 4.53. The van der Waals surface area contributed by atoms with Crippen LogP contribution in [0.25, 0.3) is 0 Å². The highest BCUT2D eigenvalue weighted by molar-refractivity contribution is 5.72. The van der Waals surface area contributed by atoms with Gasteiger partial charge in [0.2, 0.25) is 0 Å². The van der Waals surface area contributed by atoms with Crippen molar-refractivity contribution in [3.05, 3.63) is 0 Å². The number of amides is 2. The molecule has 2 aliphatic carbocycles. The van der Waals surface area contributed by atoms with E-state index in [4.69, 9.17) is 5.73 Å². The second kappa shape index (κ2) is 5.19. The van der Waals surface area contributed by atoms with E-state index in [1.165, 1.54) is 32.1 Å².